The Morgan fingerprint density at radius 2 is 1.84 bits per heavy atom. The second-order valence-electron chi connectivity index (χ2n) is 4.47. The lowest BCUT2D eigenvalue weighted by Gasteiger charge is -2.09. The van der Waals surface area contributed by atoms with Crippen LogP contribution in [0.1, 0.15) is 30.6 Å². The molecule has 0 saturated heterocycles. The average molecular weight is 264 g/mol. The van der Waals surface area contributed by atoms with E-state index in [0.29, 0.717) is 18.5 Å². The fourth-order valence-electron chi connectivity index (χ4n) is 1.56. The van der Waals surface area contributed by atoms with Crippen molar-refractivity contribution in [3.8, 4) is 0 Å². The highest BCUT2D eigenvalue weighted by Gasteiger charge is 2.05. The minimum Gasteiger partial charge on any atom is -0.465 e. The zero-order valence-electron chi connectivity index (χ0n) is 11.5. The maximum atomic E-state index is 11.4. The summed E-state index contributed by atoms with van der Waals surface area (Å²) in [6.45, 7) is 4.41. The molecule has 0 unspecified atom stereocenters. The molecule has 19 heavy (non-hydrogen) atoms. The molecule has 104 valence electrons. The van der Waals surface area contributed by atoms with Crippen LogP contribution in [0.5, 0.6) is 0 Å². The zero-order chi connectivity index (χ0) is 14.3. The van der Waals surface area contributed by atoms with Crippen LogP contribution in [0.15, 0.2) is 24.3 Å². The van der Waals surface area contributed by atoms with Gasteiger partial charge >= 0.3 is 5.97 Å². The maximum Gasteiger partial charge on any atom is 0.337 e. The average Bonchev–Trinajstić information content (AvgIpc) is 2.37. The fraction of sp³-hybridized carbons (Fsp3) is 0.429. The Bertz CT molecular complexity index is 427. The van der Waals surface area contributed by atoms with Crippen LogP contribution in [0.4, 0.5) is 5.69 Å². The van der Waals surface area contributed by atoms with Gasteiger partial charge in [0.15, 0.2) is 0 Å². The first-order chi connectivity index (χ1) is 9.02. The summed E-state index contributed by atoms with van der Waals surface area (Å²) in [5.74, 6) is -0.337. The predicted molar refractivity (Wildman–Crippen MR) is 74.2 cm³/mol. The Balaban J connectivity index is 2.38. The summed E-state index contributed by atoms with van der Waals surface area (Å²) in [4.78, 5) is 22.6. The summed E-state index contributed by atoms with van der Waals surface area (Å²) in [5, 5.41) is 5.94. The molecule has 2 N–H and O–H groups in total. The number of esters is 1. The second-order valence-corrected chi connectivity index (χ2v) is 4.47. The molecule has 0 spiro atoms. The number of nitrogens with one attached hydrogen (secondary N) is 2. The molecule has 1 amide bonds. The van der Waals surface area contributed by atoms with Gasteiger partial charge in [-0.25, -0.2) is 4.79 Å². The number of ether oxygens (including phenoxy) is 1. The van der Waals surface area contributed by atoms with E-state index in [4.69, 9.17) is 0 Å². The van der Waals surface area contributed by atoms with Crippen molar-refractivity contribution < 1.29 is 14.3 Å². The largest absolute Gasteiger partial charge is 0.465 e. The van der Waals surface area contributed by atoms with Gasteiger partial charge in [0.2, 0.25) is 5.91 Å². The number of rotatable bonds is 6. The summed E-state index contributed by atoms with van der Waals surface area (Å²) >= 11 is 0. The Kier molecular flexibility index (Phi) is 5.85. The smallest absolute Gasteiger partial charge is 0.337 e. The van der Waals surface area contributed by atoms with Crippen molar-refractivity contribution in [3.05, 3.63) is 29.8 Å². The molecule has 0 aliphatic carbocycles. The second kappa shape index (κ2) is 7.41. The number of carbonyl (C=O) groups is 2. The van der Waals surface area contributed by atoms with Crippen LogP contribution in [0.25, 0.3) is 0 Å². The van der Waals surface area contributed by atoms with Crippen LogP contribution < -0.4 is 10.6 Å². The lowest BCUT2D eigenvalue weighted by molar-refractivity contribution is -0.121. The van der Waals surface area contributed by atoms with E-state index in [1.807, 2.05) is 13.8 Å². The summed E-state index contributed by atoms with van der Waals surface area (Å²) in [7, 11) is 1.35. The predicted octanol–water partition coefficient (Wildman–Crippen LogP) is 1.80. The highest BCUT2D eigenvalue weighted by molar-refractivity contribution is 5.89. The summed E-state index contributed by atoms with van der Waals surface area (Å²) in [6, 6.07) is 7.09. The zero-order valence-corrected chi connectivity index (χ0v) is 11.5. The molecular formula is C14H20N2O3. The van der Waals surface area contributed by atoms with Gasteiger partial charge in [0, 0.05) is 24.7 Å². The minimum atomic E-state index is -0.358. The fourth-order valence-corrected chi connectivity index (χ4v) is 1.56. The van der Waals surface area contributed by atoms with E-state index in [1.165, 1.54) is 7.11 Å². The third-order valence-corrected chi connectivity index (χ3v) is 2.44. The van der Waals surface area contributed by atoms with E-state index in [0.717, 1.165) is 5.69 Å². The standard InChI is InChI=1S/C14H20N2O3/c1-10(2)16-13(17)8-9-15-12-6-4-11(5-7-12)14(18)19-3/h4-7,10,15H,8-9H2,1-3H3,(H,16,17). The van der Waals surface area contributed by atoms with Crippen LogP contribution in [0.3, 0.4) is 0 Å². The summed E-state index contributed by atoms with van der Waals surface area (Å²) in [5.41, 5.74) is 1.37. The van der Waals surface area contributed by atoms with Crippen molar-refractivity contribution in [1.82, 2.24) is 5.32 Å². The molecule has 0 heterocycles. The molecule has 1 rings (SSSR count). The number of amides is 1. The van der Waals surface area contributed by atoms with Crippen LogP contribution >= 0.6 is 0 Å². The van der Waals surface area contributed by atoms with E-state index in [2.05, 4.69) is 15.4 Å². The molecule has 0 bridgehead atoms. The van der Waals surface area contributed by atoms with Gasteiger partial charge in [-0.2, -0.15) is 0 Å². The molecule has 5 nitrogen and oxygen atoms in total. The highest BCUT2D eigenvalue weighted by Crippen LogP contribution is 2.10. The van der Waals surface area contributed by atoms with Gasteiger partial charge in [0.05, 0.1) is 12.7 Å². The minimum absolute atomic E-state index is 0.0219. The van der Waals surface area contributed by atoms with Gasteiger partial charge in [0.25, 0.3) is 0 Å². The molecule has 0 fully saturated rings. The Hall–Kier alpha value is -2.04. The van der Waals surface area contributed by atoms with Crippen molar-refractivity contribution in [2.24, 2.45) is 0 Å². The Morgan fingerprint density at radius 3 is 2.37 bits per heavy atom. The molecule has 0 aliphatic heterocycles. The van der Waals surface area contributed by atoms with Crippen molar-refractivity contribution in [2.75, 3.05) is 19.0 Å². The maximum absolute atomic E-state index is 11.4. The normalized spacial score (nSPS) is 10.1. The summed E-state index contributed by atoms with van der Waals surface area (Å²) in [6.07, 6.45) is 0.414. The number of benzene rings is 1. The summed E-state index contributed by atoms with van der Waals surface area (Å²) < 4.78 is 4.61. The quantitative estimate of drug-likeness (QED) is 0.769. The van der Waals surface area contributed by atoms with Gasteiger partial charge in [-0.05, 0) is 38.1 Å². The Labute approximate surface area is 113 Å². The highest BCUT2D eigenvalue weighted by atomic mass is 16.5. The van der Waals surface area contributed by atoms with Crippen molar-refractivity contribution in [2.45, 2.75) is 26.3 Å². The molecule has 0 aliphatic rings. The third kappa shape index (κ3) is 5.42. The van der Waals surface area contributed by atoms with Crippen molar-refractivity contribution >= 4 is 17.6 Å². The molecule has 1 aromatic rings. The first kappa shape index (κ1) is 15.0. The molecule has 5 heteroatoms. The molecule has 0 atom stereocenters. The van der Waals surface area contributed by atoms with Gasteiger partial charge < -0.3 is 15.4 Å². The lowest BCUT2D eigenvalue weighted by atomic mass is 10.2. The van der Waals surface area contributed by atoms with Crippen LogP contribution in [0.2, 0.25) is 0 Å². The first-order valence-corrected chi connectivity index (χ1v) is 6.24. The van der Waals surface area contributed by atoms with E-state index in [-0.39, 0.29) is 17.9 Å². The van der Waals surface area contributed by atoms with E-state index in [9.17, 15) is 9.59 Å². The number of anilines is 1. The molecule has 0 aromatic heterocycles. The van der Waals surface area contributed by atoms with E-state index < -0.39 is 0 Å². The molecular weight excluding hydrogens is 244 g/mol. The monoisotopic (exact) mass is 264 g/mol. The van der Waals surface area contributed by atoms with Gasteiger partial charge in [-0.1, -0.05) is 0 Å². The van der Waals surface area contributed by atoms with E-state index >= 15 is 0 Å². The Morgan fingerprint density at radius 1 is 1.21 bits per heavy atom. The van der Waals surface area contributed by atoms with Crippen LogP contribution in [0, 0.1) is 0 Å². The topological polar surface area (TPSA) is 67.4 Å². The van der Waals surface area contributed by atoms with Crippen LogP contribution in [-0.4, -0.2) is 31.6 Å². The van der Waals surface area contributed by atoms with Crippen LogP contribution in [-0.2, 0) is 9.53 Å². The van der Waals surface area contributed by atoms with Gasteiger partial charge in [-0.15, -0.1) is 0 Å². The third-order valence-electron chi connectivity index (χ3n) is 2.44. The SMILES string of the molecule is COC(=O)c1ccc(NCCC(=O)NC(C)C)cc1. The van der Waals surface area contributed by atoms with E-state index in [1.54, 1.807) is 24.3 Å². The van der Waals surface area contributed by atoms with Gasteiger partial charge in [0.1, 0.15) is 0 Å². The van der Waals surface area contributed by atoms with Crippen molar-refractivity contribution in [1.29, 1.82) is 0 Å². The molecule has 0 saturated carbocycles. The molecule has 1 aromatic carbocycles. The lowest BCUT2D eigenvalue weighted by Crippen LogP contribution is -2.31. The van der Waals surface area contributed by atoms with Gasteiger partial charge in [-0.3, -0.25) is 4.79 Å². The van der Waals surface area contributed by atoms with Crippen molar-refractivity contribution in [3.63, 3.8) is 0 Å². The number of hydrogen-bond donors (Lipinski definition) is 2. The number of hydrogen-bond acceptors (Lipinski definition) is 4. The number of methoxy groups -OCH3 is 1. The number of carbonyl (C=O) groups excluding carboxylic acids is 2. The first-order valence-electron chi connectivity index (χ1n) is 6.24. The molecule has 0 radical (unpaired) electrons.